The van der Waals surface area contributed by atoms with Gasteiger partial charge in [-0.2, -0.15) is 5.10 Å². The van der Waals surface area contributed by atoms with E-state index in [4.69, 9.17) is 0 Å². The van der Waals surface area contributed by atoms with E-state index in [2.05, 4.69) is 9.84 Å². The number of unbranched alkanes of at least 4 members (excludes halogenated alkanes) is 1. The molecule has 0 radical (unpaired) electrons. The molecular weight excluding hydrogens is 226 g/mol. The van der Waals surface area contributed by atoms with Crippen LogP contribution in [0.1, 0.15) is 32.2 Å². The first-order valence-electron chi connectivity index (χ1n) is 5.36. The standard InChI is InChI=1S/C10H15N3O4/c1-3-4-5-9(10(14)17-2)12-7-8(6-11-12)13(15)16/h6-7,9H,3-5H2,1-2H3. The number of nitrogens with zero attached hydrogens (tertiary/aromatic N) is 3. The number of aromatic nitrogens is 2. The van der Waals surface area contributed by atoms with Gasteiger partial charge in [0, 0.05) is 0 Å². The topological polar surface area (TPSA) is 87.3 Å². The molecule has 0 aliphatic heterocycles. The van der Waals surface area contributed by atoms with E-state index in [1.807, 2.05) is 6.92 Å². The second-order valence-corrected chi connectivity index (χ2v) is 3.62. The van der Waals surface area contributed by atoms with Crippen molar-refractivity contribution in [2.75, 3.05) is 7.11 Å². The highest BCUT2D eigenvalue weighted by Gasteiger charge is 2.23. The normalized spacial score (nSPS) is 12.1. The summed E-state index contributed by atoms with van der Waals surface area (Å²) in [5, 5.41) is 14.4. The molecule has 0 aromatic carbocycles. The smallest absolute Gasteiger partial charge is 0.330 e. The van der Waals surface area contributed by atoms with E-state index in [-0.39, 0.29) is 5.69 Å². The lowest BCUT2D eigenvalue weighted by molar-refractivity contribution is -0.385. The molecule has 0 fully saturated rings. The Hall–Kier alpha value is -1.92. The number of nitro groups is 1. The molecular formula is C10H15N3O4. The molecule has 94 valence electrons. The van der Waals surface area contributed by atoms with Crippen molar-refractivity contribution in [2.45, 2.75) is 32.2 Å². The molecule has 1 aromatic rings. The minimum Gasteiger partial charge on any atom is -0.467 e. The number of esters is 1. The van der Waals surface area contributed by atoms with Gasteiger partial charge in [0.05, 0.1) is 12.0 Å². The van der Waals surface area contributed by atoms with Gasteiger partial charge in [0.2, 0.25) is 0 Å². The summed E-state index contributed by atoms with van der Waals surface area (Å²) in [7, 11) is 1.29. The zero-order chi connectivity index (χ0) is 12.8. The molecule has 0 spiro atoms. The summed E-state index contributed by atoms with van der Waals surface area (Å²) in [5.41, 5.74) is -0.129. The number of methoxy groups -OCH3 is 1. The van der Waals surface area contributed by atoms with E-state index in [1.54, 1.807) is 0 Å². The van der Waals surface area contributed by atoms with Gasteiger partial charge in [0.1, 0.15) is 18.4 Å². The van der Waals surface area contributed by atoms with Crippen molar-refractivity contribution < 1.29 is 14.5 Å². The zero-order valence-corrected chi connectivity index (χ0v) is 9.83. The molecule has 1 unspecified atom stereocenters. The quantitative estimate of drug-likeness (QED) is 0.429. The highest BCUT2D eigenvalue weighted by atomic mass is 16.6. The number of hydrogen-bond donors (Lipinski definition) is 0. The second-order valence-electron chi connectivity index (χ2n) is 3.62. The fourth-order valence-corrected chi connectivity index (χ4v) is 1.48. The third-order valence-electron chi connectivity index (χ3n) is 2.42. The lowest BCUT2D eigenvalue weighted by Crippen LogP contribution is -2.21. The van der Waals surface area contributed by atoms with Gasteiger partial charge in [0.15, 0.2) is 0 Å². The fourth-order valence-electron chi connectivity index (χ4n) is 1.48. The molecule has 0 N–H and O–H groups in total. The number of rotatable bonds is 6. The zero-order valence-electron chi connectivity index (χ0n) is 9.83. The van der Waals surface area contributed by atoms with Crippen LogP contribution in [0.15, 0.2) is 12.4 Å². The Morgan fingerprint density at radius 1 is 1.71 bits per heavy atom. The summed E-state index contributed by atoms with van der Waals surface area (Å²) < 4.78 is 5.96. The molecule has 0 saturated heterocycles. The summed E-state index contributed by atoms with van der Waals surface area (Å²) in [5.74, 6) is -0.434. The van der Waals surface area contributed by atoms with Gasteiger partial charge in [-0.15, -0.1) is 0 Å². The van der Waals surface area contributed by atoms with Gasteiger partial charge in [-0.25, -0.2) is 4.79 Å². The van der Waals surface area contributed by atoms with Crippen molar-refractivity contribution in [1.29, 1.82) is 0 Å². The van der Waals surface area contributed by atoms with Crippen LogP contribution in [0.25, 0.3) is 0 Å². The maximum Gasteiger partial charge on any atom is 0.330 e. The van der Waals surface area contributed by atoms with E-state index in [1.165, 1.54) is 18.0 Å². The summed E-state index contributed by atoms with van der Waals surface area (Å²) in [4.78, 5) is 21.5. The molecule has 1 rings (SSSR count). The van der Waals surface area contributed by atoms with Crippen LogP contribution >= 0.6 is 0 Å². The molecule has 0 aliphatic carbocycles. The first kappa shape index (κ1) is 13.1. The summed E-state index contributed by atoms with van der Waals surface area (Å²) >= 11 is 0. The van der Waals surface area contributed by atoms with E-state index >= 15 is 0 Å². The predicted octanol–water partition coefficient (Wildman–Crippen LogP) is 1.70. The highest BCUT2D eigenvalue weighted by molar-refractivity contribution is 5.73. The Morgan fingerprint density at radius 2 is 2.41 bits per heavy atom. The number of carbonyl (C=O) groups is 1. The molecule has 1 aromatic heterocycles. The Balaban J connectivity index is 2.87. The van der Waals surface area contributed by atoms with Crippen molar-refractivity contribution in [3.05, 3.63) is 22.5 Å². The van der Waals surface area contributed by atoms with Crippen molar-refractivity contribution >= 4 is 11.7 Å². The number of carbonyl (C=O) groups excluding carboxylic acids is 1. The van der Waals surface area contributed by atoms with E-state index in [9.17, 15) is 14.9 Å². The van der Waals surface area contributed by atoms with Crippen molar-refractivity contribution in [3.8, 4) is 0 Å². The minimum absolute atomic E-state index is 0.129. The predicted molar refractivity (Wildman–Crippen MR) is 59.5 cm³/mol. The summed E-state index contributed by atoms with van der Waals surface area (Å²) in [6.07, 6.45) is 4.69. The van der Waals surface area contributed by atoms with Gasteiger partial charge in [-0.1, -0.05) is 19.8 Å². The minimum atomic E-state index is -0.589. The van der Waals surface area contributed by atoms with Crippen LogP contribution < -0.4 is 0 Å². The lowest BCUT2D eigenvalue weighted by atomic mass is 10.1. The van der Waals surface area contributed by atoms with Crippen LogP contribution in [0.4, 0.5) is 5.69 Å². The van der Waals surface area contributed by atoms with Crippen LogP contribution in [-0.2, 0) is 9.53 Å². The Labute approximate surface area is 98.5 Å². The third kappa shape index (κ3) is 3.27. The first-order valence-corrected chi connectivity index (χ1v) is 5.36. The highest BCUT2D eigenvalue weighted by Crippen LogP contribution is 2.19. The molecule has 0 aliphatic rings. The lowest BCUT2D eigenvalue weighted by Gasteiger charge is -2.13. The van der Waals surface area contributed by atoms with Crippen molar-refractivity contribution in [1.82, 2.24) is 9.78 Å². The Morgan fingerprint density at radius 3 is 2.88 bits per heavy atom. The van der Waals surface area contributed by atoms with Crippen LogP contribution in [0.3, 0.4) is 0 Å². The molecule has 0 bridgehead atoms. The Kier molecular flexibility index (Phi) is 4.62. The largest absolute Gasteiger partial charge is 0.467 e. The maximum atomic E-state index is 11.5. The van der Waals surface area contributed by atoms with Gasteiger partial charge in [0.25, 0.3) is 0 Å². The number of hydrogen-bond acceptors (Lipinski definition) is 5. The molecule has 1 heterocycles. The third-order valence-corrected chi connectivity index (χ3v) is 2.42. The molecule has 17 heavy (non-hydrogen) atoms. The molecule has 0 amide bonds. The average Bonchev–Trinajstić information content (AvgIpc) is 2.78. The SMILES string of the molecule is CCCCC(C(=O)OC)n1cc([N+](=O)[O-])cn1. The number of ether oxygens (including phenoxy) is 1. The Bertz CT molecular complexity index is 402. The van der Waals surface area contributed by atoms with Gasteiger partial charge < -0.3 is 4.74 Å². The van der Waals surface area contributed by atoms with Gasteiger partial charge in [-0.3, -0.25) is 14.8 Å². The van der Waals surface area contributed by atoms with Crippen molar-refractivity contribution in [3.63, 3.8) is 0 Å². The van der Waals surface area contributed by atoms with E-state index in [0.29, 0.717) is 6.42 Å². The second kappa shape index (κ2) is 5.97. The van der Waals surface area contributed by atoms with Crippen LogP contribution in [0, 0.1) is 10.1 Å². The van der Waals surface area contributed by atoms with Crippen molar-refractivity contribution in [2.24, 2.45) is 0 Å². The molecule has 0 saturated carbocycles. The van der Waals surface area contributed by atoms with Crippen LogP contribution in [-0.4, -0.2) is 27.8 Å². The van der Waals surface area contributed by atoms with E-state index in [0.717, 1.165) is 19.0 Å². The maximum absolute atomic E-state index is 11.5. The van der Waals surface area contributed by atoms with Gasteiger partial charge >= 0.3 is 11.7 Å². The molecule has 7 nitrogen and oxygen atoms in total. The van der Waals surface area contributed by atoms with E-state index < -0.39 is 16.9 Å². The van der Waals surface area contributed by atoms with Crippen LogP contribution in [0.2, 0.25) is 0 Å². The fraction of sp³-hybridized carbons (Fsp3) is 0.600. The van der Waals surface area contributed by atoms with Crippen LogP contribution in [0.5, 0.6) is 0 Å². The monoisotopic (exact) mass is 241 g/mol. The van der Waals surface area contributed by atoms with Gasteiger partial charge in [-0.05, 0) is 6.42 Å². The first-order chi connectivity index (χ1) is 8.10. The molecule has 7 heteroatoms. The molecule has 1 atom stereocenters. The summed E-state index contributed by atoms with van der Waals surface area (Å²) in [6.45, 7) is 2.00. The summed E-state index contributed by atoms with van der Waals surface area (Å²) in [6, 6.07) is -0.589. The average molecular weight is 241 g/mol.